The Hall–Kier alpha value is -1.80. The lowest BCUT2D eigenvalue weighted by Gasteiger charge is -2.26. The van der Waals surface area contributed by atoms with Crippen molar-refractivity contribution in [3.05, 3.63) is 70.7 Å². The second kappa shape index (κ2) is 7.31. The summed E-state index contributed by atoms with van der Waals surface area (Å²) in [6.07, 6.45) is 2.59. The lowest BCUT2D eigenvalue weighted by molar-refractivity contribution is 0.295. The first-order valence-electron chi connectivity index (χ1n) is 10.0. The molecule has 0 bridgehead atoms. The van der Waals surface area contributed by atoms with E-state index in [1.54, 1.807) is 0 Å². The van der Waals surface area contributed by atoms with E-state index in [2.05, 4.69) is 68.1 Å². The van der Waals surface area contributed by atoms with Crippen LogP contribution in [0.25, 0.3) is 0 Å². The highest BCUT2D eigenvalue weighted by Crippen LogP contribution is 2.54. The van der Waals surface area contributed by atoms with Crippen molar-refractivity contribution in [1.82, 2.24) is 4.90 Å². The molecule has 0 aromatic heterocycles. The van der Waals surface area contributed by atoms with Gasteiger partial charge in [-0.1, -0.05) is 61.0 Å². The first kappa shape index (κ1) is 18.6. The van der Waals surface area contributed by atoms with Crippen molar-refractivity contribution in [2.75, 3.05) is 13.1 Å². The first-order chi connectivity index (χ1) is 12.9. The Bertz CT molecular complexity index is 814. The third kappa shape index (κ3) is 3.78. The van der Waals surface area contributed by atoms with Crippen molar-refractivity contribution in [2.24, 2.45) is 16.3 Å². The van der Waals surface area contributed by atoms with Crippen LogP contribution in [0.2, 0.25) is 5.02 Å². The molecule has 4 atom stereocenters. The van der Waals surface area contributed by atoms with Crippen LogP contribution in [0.4, 0.5) is 0 Å². The van der Waals surface area contributed by atoms with Gasteiger partial charge >= 0.3 is 0 Å². The Morgan fingerprint density at radius 2 is 1.85 bits per heavy atom. The fourth-order valence-corrected chi connectivity index (χ4v) is 5.23. The fraction of sp³-hybridized carbons (Fsp3) is 0.458. The summed E-state index contributed by atoms with van der Waals surface area (Å²) < 4.78 is 0. The predicted octanol–water partition coefficient (Wildman–Crippen LogP) is 6.34. The van der Waals surface area contributed by atoms with E-state index >= 15 is 0 Å². The van der Waals surface area contributed by atoms with Gasteiger partial charge in [0.15, 0.2) is 0 Å². The van der Waals surface area contributed by atoms with E-state index < -0.39 is 0 Å². The fourth-order valence-electron chi connectivity index (χ4n) is 5.10. The van der Waals surface area contributed by atoms with Crippen molar-refractivity contribution in [3.63, 3.8) is 0 Å². The number of hydrogen-bond acceptors (Lipinski definition) is 1. The van der Waals surface area contributed by atoms with Crippen molar-refractivity contribution in [2.45, 2.75) is 45.6 Å². The number of fused-ring (bicyclic) bond motifs is 1. The number of aliphatic imine (C=N–C) groups is 1. The van der Waals surface area contributed by atoms with Gasteiger partial charge in [-0.05, 0) is 67.2 Å². The minimum absolute atomic E-state index is 0.160. The van der Waals surface area contributed by atoms with Gasteiger partial charge in [-0.2, -0.15) is 0 Å². The first-order valence-corrected chi connectivity index (χ1v) is 10.4. The zero-order valence-electron chi connectivity index (χ0n) is 16.5. The van der Waals surface area contributed by atoms with Crippen LogP contribution in [-0.2, 0) is 0 Å². The van der Waals surface area contributed by atoms with Crippen molar-refractivity contribution in [1.29, 1.82) is 0 Å². The maximum Gasteiger partial charge on any atom is 0.0965 e. The van der Waals surface area contributed by atoms with Crippen LogP contribution in [0, 0.1) is 11.3 Å². The standard InChI is InChI=1S/C24H29ClN2/c1-17(19-9-11-23(25)12-10-19)26-18(2)27-15-22-13-21(14-24(22,3)16-27)20-7-5-4-6-8-20/h4-12,17,21-22H,13-16H2,1-3H3. The highest BCUT2D eigenvalue weighted by atomic mass is 35.5. The third-order valence-corrected chi connectivity index (χ3v) is 6.97. The summed E-state index contributed by atoms with van der Waals surface area (Å²) in [5.41, 5.74) is 3.13. The largest absolute Gasteiger partial charge is 0.360 e. The van der Waals surface area contributed by atoms with E-state index in [4.69, 9.17) is 16.6 Å². The average Bonchev–Trinajstić information content (AvgIpc) is 3.15. The molecule has 4 rings (SSSR count). The molecule has 0 amide bonds. The number of hydrogen-bond donors (Lipinski definition) is 0. The van der Waals surface area contributed by atoms with Crippen LogP contribution >= 0.6 is 11.6 Å². The van der Waals surface area contributed by atoms with E-state index in [1.807, 2.05) is 12.1 Å². The molecule has 1 heterocycles. The van der Waals surface area contributed by atoms with E-state index in [0.717, 1.165) is 24.0 Å². The van der Waals surface area contributed by atoms with Gasteiger partial charge in [-0.25, -0.2) is 0 Å². The van der Waals surface area contributed by atoms with Gasteiger partial charge in [0.05, 0.1) is 11.9 Å². The zero-order chi connectivity index (χ0) is 19.0. The summed E-state index contributed by atoms with van der Waals surface area (Å²) in [5, 5.41) is 0.778. The molecule has 2 aromatic rings. The van der Waals surface area contributed by atoms with Crippen LogP contribution < -0.4 is 0 Å². The molecule has 1 aliphatic carbocycles. The van der Waals surface area contributed by atoms with Gasteiger partial charge in [-0.3, -0.25) is 4.99 Å². The molecule has 2 aromatic carbocycles. The molecule has 2 nitrogen and oxygen atoms in total. The van der Waals surface area contributed by atoms with E-state index in [-0.39, 0.29) is 6.04 Å². The van der Waals surface area contributed by atoms with Crippen LogP contribution in [0.15, 0.2) is 59.6 Å². The van der Waals surface area contributed by atoms with Crippen LogP contribution in [0.5, 0.6) is 0 Å². The molecule has 4 unspecified atom stereocenters. The second-order valence-electron chi connectivity index (χ2n) is 8.68. The number of rotatable bonds is 3. The summed E-state index contributed by atoms with van der Waals surface area (Å²) >= 11 is 6.01. The summed E-state index contributed by atoms with van der Waals surface area (Å²) in [4.78, 5) is 7.51. The smallest absolute Gasteiger partial charge is 0.0965 e. The van der Waals surface area contributed by atoms with Gasteiger partial charge in [-0.15, -0.1) is 0 Å². The Kier molecular flexibility index (Phi) is 5.03. The van der Waals surface area contributed by atoms with Crippen molar-refractivity contribution < 1.29 is 0 Å². The third-order valence-electron chi connectivity index (χ3n) is 6.72. The van der Waals surface area contributed by atoms with Gasteiger partial charge in [0.1, 0.15) is 0 Å². The molecule has 0 spiro atoms. The number of nitrogens with zero attached hydrogens (tertiary/aromatic N) is 2. The van der Waals surface area contributed by atoms with Crippen molar-refractivity contribution >= 4 is 17.4 Å². The number of halogens is 1. The van der Waals surface area contributed by atoms with E-state index in [1.165, 1.54) is 29.8 Å². The molecule has 1 saturated carbocycles. The lowest BCUT2D eigenvalue weighted by atomic mass is 9.82. The van der Waals surface area contributed by atoms with E-state index in [0.29, 0.717) is 11.3 Å². The van der Waals surface area contributed by atoms with Gasteiger partial charge < -0.3 is 4.90 Å². The van der Waals surface area contributed by atoms with Gasteiger partial charge in [0.25, 0.3) is 0 Å². The van der Waals surface area contributed by atoms with Crippen LogP contribution in [0.1, 0.15) is 56.7 Å². The Morgan fingerprint density at radius 1 is 1.15 bits per heavy atom. The Morgan fingerprint density at radius 3 is 2.52 bits per heavy atom. The Labute approximate surface area is 168 Å². The van der Waals surface area contributed by atoms with Gasteiger partial charge in [0, 0.05) is 18.1 Å². The summed E-state index contributed by atoms with van der Waals surface area (Å²) in [6, 6.07) is 19.3. The summed E-state index contributed by atoms with van der Waals surface area (Å²) in [5.74, 6) is 2.65. The molecule has 1 aliphatic heterocycles. The molecule has 2 aliphatic rings. The minimum atomic E-state index is 0.160. The molecular formula is C24H29ClN2. The highest BCUT2D eigenvalue weighted by molar-refractivity contribution is 6.30. The number of amidine groups is 1. The zero-order valence-corrected chi connectivity index (χ0v) is 17.3. The maximum atomic E-state index is 6.01. The van der Waals surface area contributed by atoms with Crippen LogP contribution in [0.3, 0.4) is 0 Å². The quantitative estimate of drug-likeness (QED) is 0.448. The molecular weight excluding hydrogens is 352 g/mol. The Balaban J connectivity index is 1.43. The summed E-state index contributed by atoms with van der Waals surface area (Å²) in [6.45, 7) is 9.09. The van der Waals surface area contributed by atoms with E-state index in [9.17, 15) is 0 Å². The lowest BCUT2D eigenvalue weighted by Crippen LogP contribution is -2.30. The normalized spacial score (nSPS) is 29.0. The predicted molar refractivity (Wildman–Crippen MR) is 115 cm³/mol. The second-order valence-corrected chi connectivity index (χ2v) is 9.12. The van der Waals surface area contributed by atoms with Gasteiger partial charge in [0.2, 0.25) is 0 Å². The molecule has 0 N–H and O–H groups in total. The summed E-state index contributed by atoms with van der Waals surface area (Å²) in [7, 11) is 0. The molecule has 2 fully saturated rings. The molecule has 0 radical (unpaired) electrons. The molecule has 142 valence electrons. The molecule has 1 saturated heterocycles. The SMILES string of the molecule is CC(=NC(C)c1ccc(Cl)cc1)N1CC2CC(c3ccccc3)CC2(C)C1. The highest BCUT2D eigenvalue weighted by Gasteiger charge is 2.50. The number of benzene rings is 2. The number of likely N-dealkylation sites (tertiary alicyclic amines) is 1. The van der Waals surface area contributed by atoms with Crippen LogP contribution in [-0.4, -0.2) is 23.8 Å². The maximum absolute atomic E-state index is 6.01. The average molecular weight is 381 g/mol. The minimum Gasteiger partial charge on any atom is -0.360 e. The topological polar surface area (TPSA) is 15.6 Å². The van der Waals surface area contributed by atoms with Crippen molar-refractivity contribution in [3.8, 4) is 0 Å². The monoisotopic (exact) mass is 380 g/mol. The molecule has 27 heavy (non-hydrogen) atoms. The molecule has 3 heteroatoms.